The molecule has 0 saturated heterocycles. The Hall–Kier alpha value is -1.95. The molecule has 0 unspecified atom stereocenters. The van der Waals surface area contributed by atoms with Crippen LogP contribution in [0.1, 0.15) is 11.4 Å². The fraction of sp³-hybridized carbons (Fsp3) is 0.222. The number of imidazole rings is 1. The lowest BCUT2D eigenvalue weighted by molar-refractivity contribution is -0.385. The minimum atomic E-state index is -0.435. The number of hydrogen-bond acceptors (Lipinski definition) is 4. The first-order valence-electron chi connectivity index (χ1n) is 4.45. The average molecular weight is 206 g/mol. The molecule has 2 heterocycles. The molecular formula is C9H10N4O2. The van der Waals surface area contributed by atoms with Crippen molar-refractivity contribution < 1.29 is 4.92 Å². The summed E-state index contributed by atoms with van der Waals surface area (Å²) in [5.74, 6) is 0. The van der Waals surface area contributed by atoms with Gasteiger partial charge in [0.2, 0.25) is 0 Å². The van der Waals surface area contributed by atoms with Crippen LogP contribution in [0.4, 0.5) is 5.69 Å². The van der Waals surface area contributed by atoms with E-state index in [4.69, 9.17) is 5.73 Å². The van der Waals surface area contributed by atoms with E-state index in [9.17, 15) is 10.1 Å². The maximum absolute atomic E-state index is 10.6. The van der Waals surface area contributed by atoms with Gasteiger partial charge in [0.25, 0.3) is 5.69 Å². The maximum Gasteiger partial charge on any atom is 0.286 e. The van der Waals surface area contributed by atoms with Crippen molar-refractivity contribution in [3.05, 3.63) is 39.8 Å². The summed E-state index contributed by atoms with van der Waals surface area (Å²) in [5.41, 5.74) is 7.88. The van der Waals surface area contributed by atoms with Gasteiger partial charge < -0.3 is 5.73 Å². The summed E-state index contributed by atoms with van der Waals surface area (Å²) in [6.45, 7) is 2.15. The predicted molar refractivity (Wildman–Crippen MR) is 54.5 cm³/mol. The van der Waals surface area contributed by atoms with Crippen molar-refractivity contribution in [1.82, 2.24) is 9.38 Å². The van der Waals surface area contributed by atoms with Gasteiger partial charge >= 0.3 is 0 Å². The molecule has 0 aliphatic rings. The van der Waals surface area contributed by atoms with Gasteiger partial charge in [-0.1, -0.05) is 0 Å². The summed E-state index contributed by atoms with van der Waals surface area (Å²) in [4.78, 5) is 14.4. The van der Waals surface area contributed by atoms with E-state index in [0.717, 1.165) is 11.4 Å². The van der Waals surface area contributed by atoms with Crippen LogP contribution in [0.5, 0.6) is 0 Å². The van der Waals surface area contributed by atoms with E-state index in [-0.39, 0.29) is 5.69 Å². The lowest BCUT2D eigenvalue weighted by Crippen LogP contribution is -2.03. The van der Waals surface area contributed by atoms with Crippen LogP contribution < -0.4 is 5.73 Å². The topological polar surface area (TPSA) is 86.5 Å². The molecule has 0 radical (unpaired) electrons. The smallest absolute Gasteiger partial charge is 0.286 e. The van der Waals surface area contributed by atoms with Gasteiger partial charge in [0.1, 0.15) is 5.65 Å². The molecule has 0 amide bonds. The Kier molecular flexibility index (Phi) is 2.12. The van der Waals surface area contributed by atoms with Gasteiger partial charge in [-0.3, -0.25) is 14.5 Å². The standard InChI is InChI=1S/C9H10N4O2/c1-6-8(4-10)12-5-7(13(14)15)2-3-9(12)11-6/h2-3,5H,4,10H2,1H3. The normalized spacial score (nSPS) is 10.8. The summed E-state index contributed by atoms with van der Waals surface area (Å²) < 4.78 is 1.66. The zero-order valence-corrected chi connectivity index (χ0v) is 8.17. The van der Waals surface area contributed by atoms with Crippen LogP contribution >= 0.6 is 0 Å². The Morgan fingerprint density at radius 1 is 1.60 bits per heavy atom. The number of rotatable bonds is 2. The minimum Gasteiger partial charge on any atom is -0.325 e. The molecule has 0 fully saturated rings. The molecule has 2 N–H and O–H groups in total. The molecule has 0 bridgehead atoms. The van der Waals surface area contributed by atoms with Gasteiger partial charge in [-0.15, -0.1) is 0 Å². The molecule has 0 spiro atoms. The molecule has 78 valence electrons. The van der Waals surface area contributed by atoms with E-state index >= 15 is 0 Å². The van der Waals surface area contributed by atoms with Gasteiger partial charge in [-0.2, -0.15) is 0 Å². The summed E-state index contributed by atoms with van der Waals surface area (Å²) >= 11 is 0. The quantitative estimate of drug-likeness (QED) is 0.586. The summed E-state index contributed by atoms with van der Waals surface area (Å²) in [5, 5.41) is 10.6. The summed E-state index contributed by atoms with van der Waals surface area (Å²) in [6.07, 6.45) is 1.44. The molecule has 2 aromatic heterocycles. The van der Waals surface area contributed by atoms with Crippen LogP contribution in [0.15, 0.2) is 18.3 Å². The number of pyridine rings is 1. The van der Waals surface area contributed by atoms with E-state index in [0.29, 0.717) is 12.2 Å². The highest BCUT2D eigenvalue weighted by Crippen LogP contribution is 2.16. The maximum atomic E-state index is 10.6. The highest BCUT2D eigenvalue weighted by molar-refractivity contribution is 5.47. The fourth-order valence-electron chi connectivity index (χ4n) is 1.55. The number of nitrogens with zero attached hydrogens (tertiary/aromatic N) is 3. The van der Waals surface area contributed by atoms with Gasteiger partial charge in [-0.05, 0) is 13.0 Å². The second-order valence-corrected chi connectivity index (χ2v) is 3.22. The van der Waals surface area contributed by atoms with Gasteiger partial charge in [0, 0.05) is 12.6 Å². The van der Waals surface area contributed by atoms with E-state index in [1.807, 2.05) is 6.92 Å². The van der Waals surface area contributed by atoms with Gasteiger partial charge in [0.05, 0.1) is 22.5 Å². The van der Waals surface area contributed by atoms with E-state index < -0.39 is 4.92 Å². The van der Waals surface area contributed by atoms with Crippen LogP contribution in [0, 0.1) is 17.0 Å². The molecule has 15 heavy (non-hydrogen) atoms. The predicted octanol–water partition coefficient (Wildman–Crippen LogP) is 1.01. The van der Waals surface area contributed by atoms with Crippen molar-refractivity contribution in [2.45, 2.75) is 13.5 Å². The molecule has 0 aliphatic carbocycles. The first-order valence-corrected chi connectivity index (χ1v) is 4.45. The molecule has 0 aromatic carbocycles. The van der Waals surface area contributed by atoms with E-state index in [1.165, 1.54) is 12.3 Å². The lowest BCUT2D eigenvalue weighted by Gasteiger charge is -1.98. The number of nitrogens with two attached hydrogens (primary N) is 1. The number of aromatic nitrogens is 2. The second-order valence-electron chi connectivity index (χ2n) is 3.22. The number of nitro groups is 1. The van der Waals surface area contributed by atoms with Crippen molar-refractivity contribution in [1.29, 1.82) is 0 Å². The third-order valence-corrected chi connectivity index (χ3v) is 2.31. The monoisotopic (exact) mass is 206 g/mol. The third kappa shape index (κ3) is 1.44. The molecular weight excluding hydrogens is 196 g/mol. The molecule has 0 atom stereocenters. The lowest BCUT2D eigenvalue weighted by atomic mass is 10.3. The van der Waals surface area contributed by atoms with Crippen molar-refractivity contribution in [2.24, 2.45) is 5.73 Å². The molecule has 6 nitrogen and oxygen atoms in total. The zero-order valence-electron chi connectivity index (χ0n) is 8.17. The van der Waals surface area contributed by atoms with E-state index in [1.54, 1.807) is 10.5 Å². The first-order chi connectivity index (χ1) is 7.13. The summed E-state index contributed by atoms with van der Waals surface area (Å²) in [7, 11) is 0. The largest absolute Gasteiger partial charge is 0.325 e. The van der Waals surface area contributed by atoms with Gasteiger partial charge in [0.15, 0.2) is 0 Å². The second kappa shape index (κ2) is 3.32. The number of hydrogen-bond donors (Lipinski definition) is 1. The van der Waals surface area contributed by atoms with Crippen LogP contribution in [0.3, 0.4) is 0 Å². The number of aryl methyl sites for hydroxylation is 1. The highest BCUT2D eigenvalue weighted by atomic mass is 16.6. The Morgan fingerprint density at radius 2 is 2.33 bits per heavy atom. The van der Waals surface area contributed by atoms with Crippen LogP contribution in [0.2, 0.25) is 0 Å². The highest BCUT2D eigenvalue weighted by Gasteiger charge is 2.11. The summed E-state index contributed by atoms with van der Waals surface area (Å²) in [6, 6.07) is 3.05. The van der Waals surface area contributed by atoms with Crippen molar-refractivity contribution >= 4 is 11.3 Å². The SMILES string of the molecule is Cc1nc2ccc([N+](=O)[O-])cn2c1CN. The molecule has 2 rings (SSSR count). The Balaban J connectivity index is 2.73. The average Bonchev–Trinajstić information content (AvgIpc) is 2.51. The van der Waals surface area contributed by atoms with Gasteiger partial charge in [-0.25, -0.2) is 4.98 Å². The molecule has 6 heteroatoms. The molecule has 0 aliphatic heterocycles. The van der Waals surface area contributed by atoms with Crippen molar-refractivity contribution in [2.75, 3.05) is 0 Å². The van der Waals surface area contributed by atoms with E-state index in [2.05, 4.69) is 4.98 Å². The van der Waals surface area contributed by atoms with Crippen LogP contribution in [-0.2, 0) is 6.54 Å². The van der Waals surface area contributed by atoms with Crippen molar-refractivity contribution in [3.8, 4) is 0 Å². The first kappa shape index (κ1) is 9.60. The minimum absolute atomic E-state index is 0.0367. The Labute approximate surface area is 85.5 Å². The third-order valence-electron chi connectivity index (χ3n) is 2.31. The van der Waals surface area contributed by atoms with Crippen LogP contribution in [0.25, 0.3) is 5.65 Å². The number of fused-ring (bicyclic) bond motifs is 1. The Morgan fingerprint density at radius 3 is 2.93 bits per heavy atom. The Bertz CT molecular complexity index is 532. The zero-order chi connectivity index (χ0) is 11.0. The van der Waals surface area contributed by atoms with Crippen LogP contribution in [-0.4, -0.2) is 14.3 Å². The van der Waals surface area contributed by atoms with Crippen molar-refractivity contribution in [3.63, 3.8) is 0 Å². The molecule has 2 aromatic rings. The molecule has 0 saturated carbocycles. The fourth-order valence-corrected chi connectivity index (χ4v) is 1.55.